The highest BCUT2D eigenvalue weighted by molar-refractivity contribution is 5.49. The average Bonchev–Trinajstić information content (AvgIpc) is 3.02. The lowest BCUT2D eigenvalue weighted by Crippen LogP contribution is -2.24. The van der Waals surface area contributed by atoms with Crippen LogP contribution in [-0.2, 0) is 6.54 Å². The summed E-state index contributed by atoms with van der Waals surface area (Å²) in [6, 6.07) is 8.93. The van der Waals surface area contributed by atoms with Gasteiger partial charge in [-0.05, 0) is 48.9 Å². The maximum atomic E-state index is 10.0. The van der Waals surface area contributed by atoms with Gasteiger partial charge in [0, 0.05) is 31.2 Å². The molecule has 3 heteroatoms. The number of hydrogen-bond donors (Lipinski definition) is 2. The van der Waals surface area contributed by atoms with Crippen molar-refractivity contribution in [1.29, 1.82) is 0 Å². The van der Waals surface area contributed by atoms with Gasteiger partial charge in [0.1, 0.15) is 0 Å². The van der Waals surface area contributed by atoms with E-state index in [0.29, 0.717) is 17.8 Å². The second-order valence-corrected chi connectivity index (χ2v) is 7.16. The van der Waals surface area contributed by atoms with Crippen molar-refractivity contribution in [3.8, 4) is 0 Å². The molecule has 1 aromatic carbocycles. The predicted octanol–water partition coefficient (Wildman–Crippen LogP) is 2.64. The zero-order valence-electron chi connectivity index (χ0n) is 13.3. The Balaban J connectivity index is 1.55. The van der Waals surface area contributed by atoms with Gasteiger partial charge >= 0.3 is 0 Å². The van der Waals surface area contributed by atoms with E-state index in [9.17, 15) is 5.11 Å². The molecule has 0 aromatic heterocycles. The molecule has 1 saturated heterocycles. The van der Waals surface area contributed by atoms with E-state index in [1.54, 1.807) is 0 Å². The minimum absolute atomic E-state index is 0.0699. The maximum Gasteiger partial charge on any atom is 0.0588 e. The van der Waals surface area contributed by atoms with E-state index in [0.717, 1.165) is 32.6 Å². The van der Waals surface area contributed by atoms with Crippen molar-refractivity contribution < 1.29 is 5.11 Å². The Bertz CT molecular complexity index is 457. The van der Waals surface area contributed by atoms with E-state index in [-0.39, 0.29) is 6.10 Å². The number of hydrogen-bond acceptors (Lipinski definition) is 3. The Kier molecular flexibility index (Phi) is 4.51. The molecule has 3 unspecified atom stereocenters. The molecule has 2 fully saturated rings. The molecule has 1 aliphatic carbocycles. The number of aliphatic hydroxyl groups excluding tert-OH is 1. The lowest BCUT2D eigenvalue weighted by atomic mass is 10.00. The van der Waals surface area contributed by atoms with Gasteiger partial charge in [0.2, 0.25) is 0 Å². The van der Waals surface area contributed by atoms with E-state index in [4.69, 9.17) is 0 Å². The highest BCUT2D eigenvalue weighted by Gasteiger charge is 2.41. The number of nitrogens with one attached hydrogen (secondary N) is 1. The molecule has 116 valence electrons. The van der Waals surface area contributed by atoms with Crippen molar-refractivity contribution in [3.63, 3.8) is 0 Å². The van der Waals surface area contributed by atoms with Crippen LogP contribution in [0.2, 0.25) is 0 Å². The third-order valence-electron chi connectivity index (χ3n) is 5.00. The number of anilines is 1. The van der Waals surface area contributed by atoms with E-state index < -0.39 is 0 Å². The summed E-state index contributed by atoms with van der Waals surface area (Å²) < 4.78 is 0. The summed E-state index contributed by atoms with van der Waals surface area (Å²) >= 11 is 0. The highest BCUT2D eigenvalue weighted by atomic mass is 16.3. The molecule has 2 N–H and O–H groups in total. The largest absolute Gasteiger partial charge is 0.393 e. The third kappa shape index (κ3) is 3.41. The zero-order valence-corrected chi connectivity index (χ0v) is 13.3. The predicted molar refractivity (Wildman–Crippen MR) is 87.4 cm³/mol. The molecule has 0 amide bonds. The minimum Gasteiger partial charge on any atom is -0.393 e. The first-order valence-electron chi connectivity index (χ1n) is 8.36. The van der Waals surface area contributed by atoms with Gasteiger partial charge in [-0.15, -0.1) is 0 Å². The van der Waals surface area contributed by atoms with Gasteiger partial charge in [0.05, 0.1) is 6.10 Å². The molecule has 0 bridgehead atoms. The lowest BCUT2D eigenvalue weighted by Gasteiger charge is -2.21. The van der Waals surface area contributed by atoms with Crippen LogP contribution in [0, 0.1) is 17.8 Å². The fraction of sp³-hybridized carbons (Fsp3) is 0.667. The van der Waals surface area contributed by atoms with Gasteiger partial charge in [0.25, 0.3) is 0 Å². The zero-order chi connectivity index (χ0) is 14.8. The lowest BCUT2D eigenvalue weighted by molar-refractivity contribution is 0.133. The highest BCUT2D eigenvalue weighted by Crippen LogP contribution is 2.39. The van der Waals surface area contributed by atoms with Crippen molar-refractivity contribution in [3.05, 3.63) is 29.8 Å². The van der Waals surface area contributed by atoms with Crippen molar-refractivity contribution in [2.75, 3.05) is 24.5 Å². The number of rotatable bonds is 5. The van der Waals surface area contributed by atoms with Crippen LogP contribution in [0.25, 0.3) is 0 Å². The van der Waals surface area contributed by atoms with Crippen LogP contribution in [0.3, 0.4) is 0 Å². The van der Waals surface area contributed by atoms with E-state index >= 15 is 0 Å². The Morgan fingerprint density at radius 2 is 1.95 bits per heavy atom. The summed E-state index contributed by atoms with van der Waals surface area (Å²) in [7, 11) is 0. The maximum absolute atomic E-state index is 10.0. The molecule has 3 rings (SSSR count). The van der Waals surface area contributed by atoms with E-state index in [2.05, 4.69) is 48.3 Å². The van der Waals surface area contributed by atoms with Gasteiger partial charge < -0.3 is 15.3 Å². The van der Waals surface area contributed by atoms with Crippen LogP contribution < -0.4 is 10.2 Å². The smallest absolute Gasteiger partial charge is 0.0588 e. The van der Waals surface area contributed by atoms with Crippen LogP contribution in [0.4, 0.5) is 5.69 Å². The summed E-state index contributed by atoms with van der Waals surface area (Å²) in [5, 5.41) is 13.5. The molecule has 3 nitrogen and oxygen atoms in total. The second kappa shape index (κ2) is 6.37. The molecule has 21 heavy (non-hydrogen) atoms. The molecule has 2 aliphatic rings. The molecule has 1 aromatic rings. The topological polar surface area (TPSA) is 35.5 Å². The second-order valence-electron chi connectivity index (χ2n) is 7.16. The van der Waals surface area contributed by atoms with Gasteiger partial charge in [-0.3, -0.25) is 0 Å². The summed E-state index contributed by atoms with van der Waals surface area (Å²) in [5.74, 6) is 1.89. The molecule has 0 spiro atoms. The van der Waals surface area contributed by atoms with Crippen LogP contribution in [0.15, 0.2) is 24.3 Å². The summed E-state index contributed by atoms with van der Waals surface area (Å²) in [4.78, 5) is 2.45. The monoisotopic (exact) mass is 288 g/mol. The number of aliphatic hydroxyl groups is 1. The molecule has 1 heterocycles. The van der Waals surface area contributed by atoms with E-state index in [1.165, 1.54) is 17.7 Å². The van der Waals surface area contributed by atoms with Crippen molar-refractivity contribution >= 4 is 5.69 Å². The number of fused-ring (bicyclic) bond motifs is 1. The molecule has 1 aliphatic heterocycles. The number of nitrogens with zero attached hydrogens (tertiary/aromatic N) is 1. The normalized spacial score (nSPS) is 28.4. The van der Waals surface area contributed by atoms with Crippen molar-refractivity contribution in [2.45, 2.75) is 39.3 Å². The van der Waals surface area contributed by atoms with Crippen molar-refractivity contribution in [2.24, 2.45) is 17.8 Å². The molecular formula is C18H28N2O. The van der Waals surface area contributed by atoms with Gasteiger partial charge in [-0.2, -0.15) is 0 Å². The Morgan fingerprint density at radius 3 is 2.62 bits per heavy atom. The fourth-order valence-electron chi connectivity index (χ4n) is 3.78. The first-order valence-corrected chi connectivity index (χ1v) is 8.36. The number of benzene rings is 1. The Hall–Kier alpha value is -1.06. The van der Waals surface area contributed by atoms with Crippen LogP contribution in [-0.4, -0.2) is 30.8 Å². The van der Waals surface area contributed by atoms with Crippen LogP contribution in [0.5, 0.6) is 0 Å². The SMILES string of the molecule is CC(C)CNCc1ccc(N2CC3CCC(O)C3C2)cc1. The molecule has 1 saturated carbocycles. The first-order chi connectivity index (χ1) is 10.1. The van der Waals surface area contributed by atoms with Gasteiger partial charge in [-0.1, -0.05) is 26.0 Å². The average molecular weight is 288 g/mol. The molecule has 0 radical (unpaired) electrons. The fourth-order valence-corrected chi connectivity index (χ4v) is 3.78. The van der Waals surface area contributed by atoms with E-state index in [1.807, 2.05) is 0 Å². The van der Waals surface area contributed by atoms with Crippen molar-refractivity contribution in [1.82, 2.24) is 5.32 Å². The Labute approximate surface area is 128 Å². The summed E-state index contributed by atoms with van der Waals surface area (Å²) in [6.45, 7) is 8.62. The van der Waals surface area contributed by atoms with Gasteiger partial charge in [0.15, 0.2) is 0 Å². The van der Waals surface area contributed by atoms with Crippen LogP contribution in [0.1, 0.15) is 32.3 Å². The molecule has 3 atom stereocenters. The van der Waals surface area contributed by atoms with Crippen LogP contribution >= 0.6 is 0 Å². The minimum atomic E-state index is -0.0699. The standard InChI is InChI=1S/C18H28N2O/c1-13(2)9-19-10-14-3-6-16(7-4-14)20-11-15-5-8-18(21)17(15)12-20/h3-4,6-7,13,15,17-19,21H,5,8-12H2,1-2H3. The first kappa shape index (κ1) is 14.9. The third-order valence-corrected chi connectivity index (χ3v) is 5.00. The summed E-state index contributed by atoms with van der Waals surface area (Å²) in [5.41, 5.74) is 2.66. The summed E-state index contributed by atoms with van der Waals surface area (Å²) in [6.07, 6.45) is 2.13. The quantitative estimate of drug-likeness (QED) is 0.874. The molecular weight excluding hydrogens is 260 g/mol. The Morgan fingerprint density at radius 1 is 1.19 bits per heavy atom. The van der Waals surface area contributed by atoms with Gasteiger partial charge in [-0.25, -0.2) is 0 Å².